The number of ether oxygens (including phenoxy) is 1. The van der Waals surface area contributed by atoms with Gasteiger partial charge in [0.2, 0.25) is 5.91 Å². The van der Waals surface area contributed by atoms with Crippen molar-refractivity contribution in [1.82, 2.24) is 8.54 Å². The molecule has 0 aliphatic heterocycles. The van der Waals surface area contributed by atoms with Crippen molar-refractivity contribution in [3.8, 4) is 5.75 Å². The maximum atomic E-state index is 12.9. The average molecular weight is 405 g/mol. The number of benzene rings is 2. The van der Waals surface area contributed by atoms with Crippen LogP contribution in [-0.4, -0.2) is 30.0 Å². The molecule has 2 aromatic carbocycles. The van der Waals surface area contributed by atoms with E-state index in [9.17, 15) is 22.4 Å². The lowest BCUT2D eigenvalue weighted by Crippen LogP contribution is -2.32. The molecule has 0 radical (unpaired) electrons. The molecule has 0 unspecified atom stereocenters. The van der Waals surface area contributed by atoms with Gasteiger partial charge in [-0.05, 0) is 48.5 Å². The van der Waals surface area contributed by atoms with Crippen molar-refractivity contribution in [2.24, 2.45) is 0 Å². The van der Waals surface area contributed by atoms with Crippen LogP contribution in [0.25, 0.3) is 0 Å². The van der Waals surface area contributed by atoms with Crippen molar-refractivity contribution >= 4 is 21.6 Å². The van der Waals surface area contributed by atoms with Crippen LogP contribution < -0.4 is 15.7 Å². The fourth-order valence-electron chi connectivity index (χ4n) is 2.45. The topological polar surface area (TPSA) is 99.4 Å². The van der Waals surface area contributed by atoms with E-state index in [1.54, 1.807) is 0 Å². The van der Waals surface area contributed by atoms with E-state index in [0.29, 0.717) is 15.4 Å². The molecule has 1 amide bonds. The van der Waals surface area contributed by atoms with Crippen molar-refractivity contribution in [1.29, 1.82) is 0 Å². The maximum absolute atomic E-state index is 12.9. The van der Waals surface area contributed by atoms with Crippen molar-refractivity contribution < 1.29 is 22.3 Å². The Balaban J connectivity index is 1.80. The van der Waals surface area contributed by atoms with Crippen LogP contribution >= 0.6 is 0 Å². The van der Waals surface area contributed by atoms with Gasteiger partial charge < -0.3 is 10.1 Å². The average Bonchev–Trinajstić information content (AvgIpc) is 3.04. The van der Waals surface area contributed by atoms with Crippen LogP contribution in [-0.2, 0) is 21.4 Å². The van der Waals surface area contributed by atoms with Gasteiger partial charge in [0.15, 0.2) is 0 Å². The highest BCUT2D eigenvalue weighted by Gasteiger charge is 2.21. The van der Waals surface area contributed by atoms with Gasteiger partial charge in [-0.2, -0.15) is 3.97 Å². The summed E-state index contributed by atoms with van der Waals surface area (Å²) in [4.78, 5) is 24.4. The summed E-state index contributed by atoms with van der Waals surface area (Å²) in [5.41, 5.74) is -0.533. The van der Waals surface area contributed by atoms with Crippen LogP contribution in [0.1, 0.15) is 0 Å². The number of hydrogen-bond donors (Lipinski definition) is 1. The highest BCUT2D eigenvalue weighted by Crippen LogP contribution is 2.17. The van der Waals surface area contributed by atoms with Gasteiger partial charge in [0.1, 0.15) is 18.1 Å². The Hall–Kier alpha value is -3.40. The first kappa shape index (κ1) is 19.4. The summed E-state index contributed by atoms with van der Waals surface area (Å²) < 4.78 is 44.7. The number of hydrogen-bond acceptors (Lipinski definition) is 5. The van der Waals surface area contributed by atoms with E-state index in [1.165, 1.54) is 61.8 Å². The second kappa shape index (κ2) is 7.69. The summed E-state index contributed by atoms with van der Waals surface area (Å²) in [6.07, 6.45) is 2.28. The van der Waals surface area contributed by atoms with Gasteiger partial charge in [-0.15, -0.1) is 0 Å². The number of imidazole rings is 1. The Morgan fingerprint density at radius 1 is 1.07 bits per heavy atom. The molecule has 0 saturated heterocycles. The number of carbonyl (C=O) groups excluding carboxylic acids is 1. The molecule has 0 bridgehead atoms. The third-order valence-corrected chi connectivity index (χ3v) is 5.54. The zero-order chi connectivity index (χ0) is 20.3. The monoisotopic (exact) mass is 405 g/mol. The molecule has 3 aromatic rings. The van der Waals surface area contributed by atoms with E-state index >= 15 is 0 Å². The number of aromatic nitrogens is 2. The highest BCUT2D eigenvalue weighted by molar-refractivity contribution is 7.90. The van der Waals surface area contributed by atoms with E-state index in [-0.39, 0.29) is 4.90 Å². The summed E-state index contributed by atoms with van der Waals surface area (Å²) in [5, 5.41) is 2.50. The summed E-state index contributed by atoms with van der Waals surface area (Å²) >= 11 is 0. The number of methoxy groups -OCH3 is 1. The fraction of sp³-hybridized carbons (Fsp3) is 0.111. The van der Waals surface area contributed by atoms with Crippen molar-refractivity contribution in [2.75, 3.05) is 12.4 Å². The molecular formula is C18H16FN3O5S. The van der Waals surface area contributed by atoms with Crippen LogP contribution in [0, 0.1) is 5.82 Å². The molecule has 0 aliphatic carbocycles. The zero-order valence-corrected chi connectivity index (χ0v) is 15.5. The van der Waals surface area contributed by atoms with E-state index in [2.05, 4.69) is 5.32 Å². The molecule has 8 nitrogen and oxygen atoms in total. The van der Waals surface area contributed by atoms with E-state index < -0.39 is 34.0 Å². The van der Waals surface area contributed by atoms with E-state index in [0.717, 1.165) is 10.8 Å². The molecular weight excluding hydrogens is 389 g/mol. The Morgan fingerprint density at radius 3 is 2.32 bits per heavy atom. The second-order valence-corrected chi connectivity index (χ2v) is 7.56. The lowest BCUT2D eigenvalue weighted by molar-refractivity contribution is -0.116. The van der Waals surface area contributed by atoms with Gasteiger partial charge >= 0.3 is 5.69 Å². The van der Waals surface area contributed by atoms with Crippen molar-refractivity contribution in [3.05, 3.63) is 77.2 Å². The van der Waals surface area contributed by atoms with Crippen LogP contribution in [0.15, 0.2) is 70.6 Å². The maximum Gasteiger partial charge on any atom is 0.342 e. The van der Waals surface area contributed by atoms with Crippen molar-refractivity contribution in [2.45, 2.75) is 11.4 Å². The molecule has 0 saturated carbocycles. The Kier molecular flexibility index (Phi) is 5.32. The predicted molar refractivity (Wildman–Crippen MR) is 99.3 cm³/mol. The number of rotatable bonds is 6. The van der Waals surface area contributed by atoms with E-state index in [4.69, 9.17) is 4.74 Å². The molecule has 1 aromatic heterocycles. The first-order valence-corrected chi connectivity index (χ1v) is 9.48. The standard InChI is InChI=1S/C18H16FN3O5S/c1-27-15-6-8-16(9-7-15)28(25,26)22-11-10-21(18(22)24)12-17(23)20-14-4-2-13(19)3-5-14/h2-11H,12H2,1H3,(H,20,23). The van der Waals surface area contributed by atoms with Crippen LogP contribution in [0.4, 0.5) is 10.1 Å². The normalized spacial score (nSPS) is 11.2. The molecule has 0 spiro atoms. The van der Waals surface area contributed by atoms with Crippen LogP contribution in [0.2, 0.25) is 0 Å². The largest absolute Gasteiger partial charge is 0.497 e. The quantitative estimate of drug-likeness (QED) is 0.673. The second-order valence-electron chi connectivity index (χ2n) is 5.74. The highest BCUT2D eigenvalue weighted by atomic mass is 32.2. The minimum atomic E-state index is -4.12. The minimum absolute atomic E-state index is 0.0936. The molecule has 1 N–H and O–H groups in total. The Bertz CT molecular complexity index is 1150. The molecule has 146 valence electrons. The van der Waals surface area contributed by atoms with E-state index in [1.807, 2.05) is 0 Å². The number of carbonyl (C=O) groups is 1. The Morgan fingerprint density at radius 2 is 1.71 bits per heavy atom. The van der Waals surface area contributed by atoms with Gasteiger partial charge in [0, 0.05) is 18.1 Å². The molecule has 28 heavy (non-hydrogen) atoms. The summed E-state index contributed by atoms with van der Waals surface area (Å²) in [7, 11) is -2.67. The van der Waals surface area contributed by atoms with Crippen molar-refractivity contribution in [3.63, 3.8) is 0 Å². The smallest absolute Gasteiger partial charge is 0.342 e. The SMILES string of the molecule is COc1ccc(S(=O)(=O)n2ccn(CC(=O)Nc3ccc(F)cc3)c2=O)cc1. The first-order chi connectivity index (χ1) is 13.3. The fourth-order valence-corrected chi connectivity index (χ4v) is 3.68. The summed E-state index contributed by atoms with van der Waals surface area (Å²) in [6, 6.07) is 10.7. The minimum Gasteiger partial charge on any atom is -0.497 e. The molecule has 1 heterocycles. The van der Waals surface area contributed by atoms with Gasteiger partial charge in [-0.3, -0.25) is 9.36 Å². The number of amides is 1. The molecule has 0 fully saturated rings. The number of nitrogens with zero attached hydrogens (tertiary/aromatic N) is 2. The Labute approximate surface area is 159 Å². The van der Waals surface area contributed by atoms with Gasteiger partial charge in [-0.25, -0.2) is 17.6 Å². The molecule has 0 aliphatic rings. The predicted octanol–water partition coefficient (Wildman–Crippen LogP) is 1.67. The third kappa shape index (κ3) is 3.96. The summed E-state index contributed by atoms with van der Waals surface area (Å²) in [6.45, 7) is -0.401. The summed E-state index contributed by atoms with van der Waals surface area (Å²) in [5.74, 6) is -0.537. The number of halogens is 1. The van der Waals surface area contributed by atoms with Crippen LogP contribution in [0.5, 0.6) is 5.75 Å². The zero-order valence-electron chi connectivity index (χ0n) is 14.7. The van der Waals surface area contributed by atoms with Gasteiger partial charge in [0.25, 0.3) is 10.0 Å². The molecule has 0 atom stereocenters. The lowest BCUT2D eigenvalue weighted by Gasteiger charge is -2.07. The van der Waals surface area contributed by atoms with Gasteiger partial charge in [0.05, 0.1) is 12.0 Å². The molecule has 3 rings (SSSR count). The number of nitrogens with one attached hydrogen (secondary N) is 1. The van der Waals surface area contributed by atoms with Crippen LogP contribution in [0.3, 0.4) is 0 Å². The van der Waals surface area contributed by atoms with Gasteiger partial charge in [-0.1, -0.05) is 0 Å². The number of anilines is 1. The first-order valence-electron chi connectivity index (χ1n) is 8.04. The third-order valence-electron chi connectivity index (χ3n) is 3.87. The lowest BCUT2D eigenvalue weighted by atomic mass is 10.3. The molecule has 10 heteroatoms.